The van der Waals surface area contributed by atoms with Gasteiger partial charge in [0, 0.05) is 6.42 Å². The van der Waals surface area contributed by atoms with Crippen molar-refractivity contribution in [2.45, 2.75) is 19.4 Å². The molecule has 0 saturated carbocycles. The van der Waals surface area contributed by atoms with Gasteiger partial charge in [-0.15, -0.1) is 0 Å². The Bertz CT molecular complexity index is 454. The fourth-order valence-corrected chi connectivity index (χ4v) is 1.90. The van der Waals surface area contributed by atoms with Gasteiger partial charge in [0.25, 0.3) is 0 Å². The van der Waals surface area contributed by atoms with Crippen LogP contribution >= 0.6 is 12.2 Å². The first-order chi connectivity index (χ1) is 8.81. The Kier molecular flexibility index (Phi) is 4.48. The number of thiocarbonyl (C=S) groups is 1. The molecule has 2 heteroatoms. The Hall–Kier alpha value is -1.67. The van der Waals surface area contributed by atoms with Crippen molar-refractivity contribution in [3.05, 3.63) is 71.8 Å². The third-order valence-electron chi connectivity index (χ3n) is 2.74. The standard InChI is InChI=1S/C16H16OS/c1-2-15(18)17-16(13-9-5-3-6-10-13)14-11-7-4-8-12-14/h3-12,16H,2H2,1H3. The Morgan fingerprint density at radius 1 is 0.944 bits per heavy atom. The Labute approximate surface area is 113 Å². The molecule has 0 radical (unpaired) electrons. The molecule has 0 saturated heterocycles. The number of hydrogen-bond acceptors (Lipinski definition) is 2. The van der Waals surface area contributed by atoms with E-state index < -0.39 is 0 Å². The molecule has 18 heavy (non-hydrogen) atoms. The van der Waals surface area contributed by atoms with E-state index in [2.05, 4.69) is 24.3 Å². The molecule has 0 aliphatic rings. The van der Waals surface area contributed by atoms with Crippen molar-refractivity contribution >= 4 is 17.3 Å². The molecule has 0 spiro atoms. The van der Waals surface area contributed by atoms with Crippen LogP contribution in [0.2, 0.25) is 0 Å². The average Bonchev–Trinajstić information content (AvgIpc) is 2.46. The second kappa shape index (κ2) is 6.31. The molecular weight excluding hydrogens is 240 g/mol. The van der Waals surface area contributed by atoms with Crippen LogP contribution in [0.4, 0.5) is 0 Å². The van der Waals surface area contributed by atoms with Crippen LogP contribution < -0.4 is 0 Å². The molecule has 2 aromatic rings. The summed E-state index contributed by atoms with van der Waals surface area (Å²) in [4.78, 5) is 0. The molecule has 0 aliphatic heterocycles. The number of hydrogen-bond donors (Lipinski definition) is 0. The van der Waals surface area contributed by atoms with E-state index in [0.29, 0.717) is 5.05 Å². The van der Waals surface area contributed by atoms with Crippen LogP contribution in [0.3, 0.4) is 0 Å². The summed E-state index contributed by atoms with van der Waals surface area (Å²) in [5, 5.41) is 0.646. The Morgan fingerprint density at radius 3 is 1.78 bits per heavy atom. The summed E-state index contributed by atoms with van der Waals surface area (Å²) in [5.41, 5.74) is 2.25. The third-order valence-corrected chi connectivity index (χ3v) is 3.13. The molecule has 0 heterocycles. The zero-order valence-electron chi connectivity index (χ0n) is 10.4. The van der Waals surface area contributed by atoms with Gasteiger partial charge in [-0.05, 0) is 23.3 Å². The molecule has 0 amide bonds. The lowest BCUT2D eigenvalue weighted by molar-refractivity contribution is 0.234. The minimum atomic E-state index is -0.111. The zero-order chi connectivity index (χ0) is 12.8. The highest BCUT2D eigenvalue weighted by Gasteiger charge is 2.15. The zero-order valence-corrected chi connectivity index (χ0v) is 11.2. The lowest BCUT2D eigenvalue weighted by Gasteiger charge is -2.20. The maximum absolute atomic E-state index is 5.90. The molecule has 0 N–H and O–H groups in total. The van der Waals surface area contributed by atoms with Gasteiger partial charge in [0.05, 0.1) is 0 Å². The van der Waals surface area contributed by atoms with Crippen LogP contribution in [0.5, 0.6) is 0 Å². The van der Waals surface area contributed by atoms with Gasteiger partial charge in [0.1, 0.15) is 6.10 Å². The van der Waals surface area contributed by atoms with Gasteiger partial charge in [-0.1, -0.05) is 67.6 Å². The van der Waals surface area contributed by atoms with E-state index in [1.54, 1.807) is 0 Å². The smallest absolute Gasteiger partial charge is 0.160 e. The maximum Gasteiger partial charge on any atom is 0.160 e. The van der Waals surface area contributed by atoms with Crippen molar-refractivity contribution in [2.75, 3.05) is 0 Å². The molecule has 0 unspecified atom stereocenters. The lowest BCUT2D eigenvalue weighted by atomic mass is 10.0. The predicted molar refractivity (Wildman–Crippen MR) is 78.7 cm³/mol. The first-order valence-electron chi connectivity index (χ1n) is 6.10. The quantitative estimate of drug-likeness (QED) is 0.743. The molecule has 92 valence electrons. The molecule has 0 atom stereocenters. The summed E-state index contributed by atoms with van der Waals surface area (Å²) in [6, 6.07) is 20.3. The summed E-state index contributed by atoms with van der Waals surface area (Å²) >= 11 is 5.21. The topological polar surface area (TPSA) is 9.23 Å². The maximum atomic E-state index is 5.90. The van der Waals surface area contributed by atoms with Crippen molar-refractivity contribution in [3.8, 4) is 0 Å². The lowest BCUT2D eigenvalue weighted by Crippen LogP contribution is -2.10. The number of rotatable bonds is 4. The van der Waals surface area contributed by atoms with E-state index in [0.717, 1.165) is 17.5 Å². The largest absolute Gasteiger partial charge is 0.474 e. The summed E-state index contributed by atoms with van der Waals surface area (Å²) < 4.78 is 5.90. The van der Waals surface area contributed by atoms with Gasteiger partial charge >= 0.3 is 0 Å². The van der Waals surface area contributed by atoms with E-state index >= 15 is 0 Å². The fraction of sp³-hybridized carbons (Fsp3) is 0.188. The SMILES string of the molecule is CCC(=S)OC(c1ccccc1)c1ccccc1. The fourth-order valence-electron chi connectivity index (χ4n) is 1.80. The molecule has 0 aliphatic carbocycles. The van der Waals surface area contributed by atoms with Gasteiger partial charge in [-0.3, -0.25) is 0 Å². The van der Waals surface area contributed by atoms with Crippen molar-refractivity contribution in [1.82, 2.24) is 0 Å². The van der Waals surface area contributed by atoms with Gasteiger partial charge in [-0.2, -0.15) is 0 Å². The van der Waals surface area contributed by atoms with Gasteiger partial charge in [-0.25, -0.2) is 0 Å². The van der Waals surface area contributed by atoms with E-state index in [1.165, 1.54) is 0 Å². The monoisotopic (exact) mass is 256 g/mol. The molecule has 0 bridgehead atoms. The normalized spacial score (nSPS) is 10.3. The Morgan fingerprint density at radius 2 is 1.39 bits per heavy atom. The summed E-state index contributed by atoms with van der Waals surface area (Å²) in [7, 11) is 0. The number of benzene rings is 2. The summed E-state index contributed by atoms with van der Waals surface area (Å²) in [5.74, 6) is 0. The van der Waals surface area contributed by atoms with E-state index in [1.807, 2.05) is 43.3 Å². The van der Waals surface area contributed by atoms with Gasteiger partial charge in [0.15, 0.2) is 5.05 Å². The van der Waals surface area contributed by atoms with Crippen LogP contribution in [-0.2, 0) is 4.74 Å². The van der Waals surface area contributed by atoms with Crippen LogP contribution in [-0.4, -0.2) is 5.05 Å². The molecule has 2 aromatic carbocycles. The van der Waals surface area contributed by atoms with Crippen LogP contribution in [0.1, 0.15) is 30.6 Å². The summed E-state index contributed by atoms with van der Waals surface area (Å²) in [6.07, 6.45) is 0.644. The van der Waals surface area contributed by atoms with Crippen molar-refractivity contribution in [1.29, 1.82) is 0 Å². The number of ether oxygens (including phenoxy) is 1. The van der Waals surface area contributed by atoms with Crippen LogP contribution in [0.15, 0.2) is 60.7 Å². The molecule has 0 aromatic heterocycles. The Balaban J connectivity index is 2.32. The van der Waals surface area contributed by atoms with Crippen LogP contribution in [0.25, 0.3) is 0 Å². The second-order valence-electron chi connectivity index (χ2n) is 4.04. The van der Waals surface area contributed by atoms with E-state index in [-0.39, 0.29) is 6.10 Å². The molecule has 1 nitrogen and oxygen atoms in total. The minimum Gasteiger partial charge on any atom is -0.474 e. The van der Waals surface area contributed by atoms with Crippen molar-refractivity contribution < 1.29 is 4.74 Å². The highest BCUT2D eigenvalue weighted by molar-refractivity contribution is 7.80. The van der Waals surface area contributed by atoms with Gasteiger partial charge in [0.2, 0.25) is 0 Å². The van der Waals surface area contributed by atoms with E-state index in [4.69, 9.17) is 17.0 Å². The van der Waals surface area contributed by atoms with Crippen LogP contribution in [0, 0.1) is 0 Å². The highest BCUT2D eigenvalue weighted by atomic mass is 32.1. The first-order valence-corrected chi connectivity index (χ1v) is 6.51. The summed E-state index contributed by atoms with van der Waals surface area (Å²) in [6.45, 7) is 2.01. The average molecular weight is 256 g/mol. The second-order valence-corrected chi connectivity index (χ2v) is 4.50. The minimum absolute atomic E-state index is 0.111. The molecule has 2 rings (SSSR count). The van der Waals surface area contributed by atoms with Crippen molar-refractivity contribution in [2.24, 2.45) is 0 Å². The predicted octanol–water partition coefficient (Wildman–Crippen LogP) is 4.53. The first kappa shape index (κ1) is 12.8. The highest BCUT2D eigenvalue weighted by Crippen LogP contribution is 2.26. The molecule has 0 fully saturated rings. The van der Waals surface area contributed by atoms with Gasteiger partial charge < -0.3 is 4.74 Å². The van der Waals surface area contributed by atoms with E-state index in [9.17, 15) is 0 Å². The molecular formula is C16H16OS. The third kappa shape index (κ3) is 3.17. The van der Waals surface area contributed by atoms with Crippen molar-refractivity contribution in [3.63, 3.8) is 0 Å².